The standard InChI is InChI=1S/C38H43F2N5O4S2/c1-6-49-30(46)12-11-24-9-7-10-25(21-24)38(4)17-8-16-37(2,3)23-51(47,48)20-15-28-27-14-19-42-33(27)31(39)32(40)34(28)50-26-13-18-41-29(22-26)35-43-36(38)44-45(35)5/h7,9-10,13-14,18-19,21-22,42H,6,8,11-12,15-17,20,23H2,1-5H3/t38-/m1/s1. The highest BCUT2D eigenvalue weighted by atomic mass is 32.2. The fraction of sp³-hybridized carbons (Fsp3) is 0.421. The third-order valence-electron chi connectivity index (χ3n) is 9.69. The van der Waals surface area contributed by atoms with E-state index in [2.05, 4.69) is 23.0 Å². The molecule has 5 aromatic rings. The van der Waals surface area contributed by atoms with Gasteiger partial charge in [0, 0.05) is 36.1 Å². The predicted molar refractivity (Wildman–Crippen MR) is 194 cm³/mol. The molecule has 1 aliphatic heterocycles. The van der Waals surface area contributed by atoms with Gasteiger partial charge in [0.05, 0.1) is 33.9 Å². The highest BCUT2D eigenvalue weighted by Gasteiger charge is 2.36. The molecule has 0 radical (unpaired) electrons. The number of rotatable bonds is 5. The lowest BCUT2D eigenvalue weighted by atomic mass is 9.75. The van der Waals surface area contributed by atoms with Crippen molar-refractivity contribution in [2.75, 3.05) is 18.1 Å². The van der Waals surface area contributed by atoms with Gasteiger partial charge in [0.1, 0.15) is 5.69 Å². The molecule has 4 heterocycles. The van der Waals surface area contributed by atoms with Gasteiger partial charge in [-0.2, -0.15) is 5.10 Å². The molecule has 270 valence electrons. The molecule has 0 spiro atoms. The van der Waals surface area contributed by atoms with E-state index < -0.39 is 32.3 Å². The van der Waals surface area contributed by atoms with Crippen molar-refractivity contribution in [2.45, 2.75) is 81.4 Å². The van der Waals surface area contributed by atoms with Crippen molar-refractivity contribution in [3.8, 4) is 11.5 Å². The van der Waals surface area contributed by atoms with Crippen LogP contribution < -0.4 is 0 Å². The Hall–Kier alpha value is -4.10. The number of hydrogen-bond donors (Lipinski definition) is 1. The Morgan fingerprint density at radius 1 is 1.10 bits per heavy atom. The van der Waals surface area contributed by atoms with Crippen molar-refractivity contribution in [3.63, 3.8) is 0 Å². The summed E-state index contributed by atoms with van der Waals surface area (Å²) in [4.78, 5) is 25.1. The summed E-state index contributed by atoms with van der Waals surface area (Å²) in [7, 11) is -1.80. The van der Waals surface area contributed by atoms with Gasteiger partial charge in [0.15, 0.2) is 33.1 Å². The van der Waals surface area contributed by atoms with Crippen LogP contribution in [-0.2, 0) is 44.7 Å². The van der Waals surface area contributed by atoms with Crippen molar-refractivity contribution >= 4 is 38.5 Å². The van der Waals surface area contributed by atoms with Crippen LogP contribution in [0.15, 0.2) is 64.6 Å². The molecular weight excluding hydrogens is 693 g/mol. The Morgan fingerprint density at radius 3 is 2.69 bits per heavy atom. The number of hydrogen-bond acceptors (Lipinski definition) is 8. The van der Waals surface area contributed by atoms with Crippen LogP contribution >= 0.6 is 11.8 Å². The zero-order chi connectivity index (χ0) is 36.6. The number of H-pyrrole nitrogens is 1. The normalized spacial score (nSPS) is 19.2. The Balaban J connectivity index is 1.46. The Kier molecular flexibility index (Phi) is 10.4. The van der Waals surface area contributed by atoms with Gasteiger partial charge in [0.25, 0.3) is 0 Å². The Bertz CT molecular complexity index is 2200. The predicted octanol–water partition coefficient (Wildman–Crippen LogP) is 7.76. The Labute approximate surface area is 301 Å². The molecule has 13 heteroatoms. The highest BCUT2D eigenvalue weighted by molar-refractivity contribution is 7.99. The number of nitrogens with zero attached hydrogens (tertiary/aromatic N) is 4. The van der Waals surface area contributed by atoms with Crippen LogP contribution in [0.25, 0.3) is 22.4 Å². The van der Waals surface area contributed by atoms with Crippen LogP contribution in [0.1, 0.15) is 75.9 Å². The first kappa shape index (κ1) is 36.7. The van der Waals surface area contributed by atoms with Crippen LogP contribution in [0.3, 0.4) is 0 Å². The van der Waals surface area contributed by atoms with Gasteiger partial charge in [-0.25, -0.2) is 26.9 Å². The molecule has 0 unspecified atom stereocenters. The number of pyridine rings is 1. The van der Waals surface area contributed by atoms with Crippen LogP contribution in [0.5, 0.6) is 0 Å². The molecule has 1 atom stereocenters. The highest BCUT2D eigenvalue weighted by Crippen LogP contribution is 2.41. The number of ether oxygens (including phenoxy) is 1. The number of aromatic nitrogens is 5. The molecule has 1 N–H and O–H groups in total. The molecule has 0 aliphatic carbocycles. The summed E-state index contributed by atoms with van der Waals surface area (Å²) in [6, 6.07) is 13.2. The molecule has 2 aromatic carbocycles. The van der Waals surface area contributed by atoms with E-state index in [0.29, 0.717) is 65.5 Å². The number of esters is 1. The molecular formula is C38H43F2N5O4S2. The fourth-order valence-corrected chi connectivity index (χ4v) is 10.1. The minimum absolute atomic E-state index is 0.0151. The number of nitrogens with one attached hydrogen (secondary N) is 1. The molecule has 9 nitrogen and oxygen atoms in total. The largest absolute Gasteiger partial charge is 0.466 e. The SMILES string of the molecule is CCOC(=O)CCc1cccc([C@@]2(C)CCCC(C)(C)CS(=O)(=O)CCc3c(c(F)c(F)c4[nH]ccc34)Sc3ccnc(c3)-c3nc2nn3C)c1. The third-order valence-corrected chi connectivity index (χ3v) is 12.9. The first-order valence-electron chi connectivity index (χ1n) is 17.2. The first-order chi connectivity index (χ1) is 24.2. The second-order valence-corrected chi connectivity index (χ2v) is 17.5. The van der Waals surface area contributed by atoms with E-state index in [-0.39, 0.29) is 40.7 Å². The van der Waals surface area contributed by atoms with Gasteiger partial charge in [0.2, 0.25) is 0 Å². The second kappa shape index (κ2) is 14.5. The molecule has 51 heavy (non-hydrogen) atoms. The smallest absolute Gasteiger partial charge is 0.306 e. The van der Waals surface area contributed by atoms with E-state index in [4.69, 9.17) is 14.8 Å². The summed E-state index contributed by atoms with van der Waals surface area (Å²) in [5, 5.41) is 5.36. The summed E-state index contributed by atoms with van der Waals surface area (Å²) < 4.78 is 65.3. The monoisotopic (exact) mass is 735 g/mol. The van der Waals surface area contributed by atoms with Crippen LogP contribution in [0.4, 0.5) is 8.78 Å². The van der Waals surface area contributed by atoms with E-state index in [9.17, 15) is 13.2 Å². The molecule has 4 bridgehead atoms. The molecule has 0 saturated heterocycles. The van der Waals surface area contributed by atoms with Crippen molar-refractivity contribution < 1.29 is 26.7 Å². The molecule has 0 saturated carbocycles. The maximum absolute atomic E-state index is 15.8. The maximum Gasteiger partial charge on any atom is 0.306 e. The van der Waals surface area contributed by atoms with Gasteiger partial charge in [-0.05, 0) is 79.8 Å². The number of sulfone groups is 1. The number of benzene rings is 2. The van der Waals surface area contributed by atoms with Gasteiger partial charge < -0.3 is 9.72 Å². The zero-order valence-corrected chi connectivity index (χ0v) is 31.2. The summed E-state index contributed by atoms with van der Waals surface area (Å²) in [5.74, 6) is -1.46. The molecule has 1 aliphatic rings. The number of carbonyl (C=O) groups is 1. The van der Waals surface area contributed by atoms with E-state index >= 15 is 8.78 Å². The number of carbonyl (C=O) groups excluding carboxylic acids is 1. The van der Waals surface area contributed by atoms with Crippen molar-refractivity contribution in [1.82, 2.24) is 24.7 Å². The Morgan fingerprint density at radius 2 is 1.90 bits per heavy atom. The van der Waals surface area contributed by atoms with Gasteiger partial charge in [-0.15, -0.1) is 0 Å². The van der Waals surface area contributed by atoms with E-state index in [1.54, 1.807) is 43.0 Å². The van der Waals surface area contributed by atoms with E-state index in [0.717, 1.165) is 22.9 Å². The summed E-state index contributed by atoms with van der Waals surface area (Å²) in [5.41, 5.74) is 1.68. The number of aromatic amines is 1. The third kappa shape index (κ3) is 7.89. The van der Waals surface area contributed by atoms with Gasteiger partial charge >= 0.3 is 5.97 Å². The quantitative estimate of drug-likeness (QED) is 0.182. The fourth-order valence-electron chi connectivity index (χ4n) is 7.03. The minimum Gasteiger partial charge on any atom is -0.466 e. The average molecular weight is 736 g/mol. The topological polar surface area (TPSA) is 120 Å². The summed E-state index contributed by atoms with van der Waals surface area (Å²) in [6.45, 7) is 8.12. The summed E-state index contributed by atoms with van der Waals surface area (Å²) in [6.07, 6.45) is 5.86. The number of halogens is 2. The van der Waals surface area contributed by atoms with Crippen LogP contribution in [-0.4, -0.2) is 57.2 Å². The van der Waals surface area contributed by atoms with Gasteiger partial charge in [-0.1, -0.05) is 56.3 Å². The van der Waals surface area contributed by atoms with Crippen molar-refractivity contribution in [3.05, 3.63) is 89.0 Å². The van der Waals surface area contributed by atoms with E-state index in [1.165, 1.54) is 6.20 Å². The lowest BCUT2D eigenvalue weighted by Crippen LogP contribution is -2.29. The van der Waals surface area contributed by atoms with Crippen molar-refractivity contribution in [1.29, 1.82) is 0 Å². The van der Waals surface area contributed by atoms with Gasteiger partial charge in [-0.3, -0.25) is 9.78 Å². The van der Waals surface area contributed by atoms with Crippen molar-refractivity contribution in [2.24, 2.45) is 12.5 Å². The molecule has 0 fully saturated rings. The number of aryl methyl sites for hydroxylation is 3. The molecule has 0 amide bonds. The van der Waals surface area contributed by atoms with Crippen LogP contribution in [0.2, 0.25) is 0 Å². The maximum atomic E-state index is 15.8. The van der Waals surface area contributed by atoms with E-state index in [1.807, 2.05) is 32.0 Å². The lowest BCUT2D eigenvalue weighted by molar-refractivity contribution is -0.143. The summed E-state index contributed by atoms with van der Waals surface area (Å²) >= 11 is 1.03. The first-order valence-corrected chi connectivity index (χ1v) is 19.8. The molecule has 3 aromatic heterocycles. The minimum atomic E-state index is -3.60. The zero-order valence-electron chi connectivity index (χ0n) is 29.6. The molecule has 6 rings (SSSR count). The number of fused-ring (bicyclic) bond motifs is 8. The second-order valence-electron chi connectivity index (χ2n) is 14.3. The average Bonchev–Trinajstić information content (AvgIpc) is 3.73. The lowest BCUT2D eigenvalue weighted by Gasteiger charge is -2.30. The van der Waals surface area contributed by atoms with Crippen LogP contribution in [0, 0.1) is 17.0 Å².